The smallest absolute Gasteiger partial charge is 0.253 e. The molecule has 1 saturated heterocycles. The fourth-order valence-corrected chi connectivity index (χ4v) is 2.35. The first-order valence-electron chi connectivity index (χ1n) is 5.81. The topological polar surface area (TPSA) is 37.4 Å². The summed E-state index contributed by atoms with van der Waals surface area (Å²) in [4.78, 5) is 24.6. The van der Waals surface area contributed by atoms with Crippen LogP contribution in [0.4, 0.5) is 0 Å². The zero-order chi connectivity index (χ0) is 13.1. The maximum absolute atomic E-state index is 12.2. The van der Waals surface area contributed by atoms with Crippen molar-refractivity contribution in [2.75, 3.05) is 13.1 Å². The van der Waals surface area contributed by atoms with Gasteiger partial charge in [0.2, 0.25) is 0 Å². The number of benzene rings is 1. The number of carbonyl (C=O) groups excluding carboxylic acids is 2. The number of piperidine rings is 1. The summed E-state index contributed by atoms with van der Waals surface area (Å²) in [5, 5.41) is 0.818. The van der Waals surface area contributed by atoms with E-state index in [-0.39, 0.29) is 11.8 Å². The van der Waals surface area contributed by atoms with Gasteiger partial charge < -0.3 is 9.69 Å². The lowest BCUT2D eigenvalue weighted by atomic mass is 9.98. The molecule has 1 aromatic carbocycles. The van der Waals surface area contributed by atoms with Crippen molar-refractivity contribution in [3.63, 3.8) is 0 Å². The van der Waals surface area contributed by atoms with Crippen LogP contribution in [0.5, 0.6) is 0 Å². The molecule has 0 aromatic heterocycles. The SMILES string of the molecule is O=CC1CCN(C(=O)c2ccc(Cl)c(Cl)c2)CC1. The molecule has 5 heteroatoms. The van der Waals surface area contributed by atoms with Gasteiger partial charge in [-0.3, -0.25) is 4.79 Å². The molecule has 0 bridgehead atoms. The lowest BCUT2D eigenvalue weighted by Crippen LogP contribution is -2.38. The van der Waals surface area contributed by atoms with Gasteiger partial charge in [-0.2, -0.15) is 0 Å². The number of halogens is 2. The second kappa shape index (κ2) is 5.72. The van der Waals surface area contributed by atoms with Crippen LogP contribution in [0.15, 0.2) is 18.2 Å². The number of likely N-dealkylation sites (tertiary alicyclic amines) is 1. The maximum atomic E-state index is 12.2. The Bertz CT molecular complexity index is 468. The molecule has 18 heavy (non-hydrogen) atoms. The highest BCUT2D eigenvalue weighted by atomic mass is 35.5. The molecule has 1 amide bonds. The van der Waals surface area contributed by atoms with Crippen molar-refractivity contribution < 1.29 is 9.59 Å². The predicted molar refractivity (Wildman–Crippen MR) is 71.2 cm³/mol. The van der Waals surface area contributed by atoms with Crippen molar-refractivity contribution in [2.45, 2.75) is 12.8 Å². The Morgan fingerprint density at radius 3 is 2.44 bits per heavy atom. The third-order valence-electron chi connectivity index (χ3n) is 3.19. The Morgan fingerprint density at radius 2 is 1.89 bits per heavy atom. The van der Waals surface area contributed by atoms with Gasteiger partial charge >= 0.3 is 0 Å². The van der Waals surface area contributed by atoms with E-state index in [0.717, 1.165) is 19.1 Å². The van der Waals surface area contributed by atoms with Crippen molar-refractivity contribution in [2.24, 2.45) is 5.92 Å². The van der Waals surface area contributed by atoms with E-state index in [4.69, 9.17) is 23.2 Å². The number of aldehydes is 1. The molecule has 0 spiro atoms. The lowest BCUT2D eigenvalue weighted by Gasteiger charge is -2.29. The second-order valence-electron chi connectivity index (χ2n) is 4.39. The van der Waals surface area contributed by atoms with Crippen LogP contribution in [-0.2, 0) is 4.79 Å². The van der Waals surface area contributed by atoms with Gasteiger partial charge in [0.15, 0.2) is 0 Å². The monoisotopic (exact) mass is 285 g/mol. The maximum Gasteiger partial charge on any atom is 0.253 e. The summed E-state index contributed by atoms with van der Waals surface area (Å²) in [7, 11) is 0. The predicted octanol–water partition coefficient (Wildman–Crippen LogP) is 3.04. The standard InChI is InChI=1S/C13H13Cl2NO2/c14-11-2-1-10(7-12(11)15)13(18)16-5-3-9(8-17)4-6-16/h1-2,7-9H,3-6H2. The zero-order valence-corrected chi connectivity index (χ0v) is 11.2. The number of rotatable bonds is 2. The van der Waals surface area contributed by atoms with Gasteiger partial charge in [-0.1, -0.05) is 23.2 Å². The normalized spacial score (nSPS) is 16.7. The van der Waals surface area contributed by atoms with Gasteiger partial charge in [-0.15, -0.1) is 0 Å². The van der Waals surface area contributed by atoms with E-state index in [1.165, 1.54) is 0 Å². The van der Waals surface area contributed by atoms with E-state index < -0.39 is 0 Å². The minimum Gasteiger partial charge on any atom is -0.339 e. The number of amides is 1. The van der Waals surface area contributed by atoms with Gasteiger partial charge in [-0.25, -0.2) is 0 Å². The first kappa shape index (κ1) is 13.4. The Balaban J connectivity index is 2.07. The van der Waals surface area contributed by atoms with Crippen LogP contribution in [0.25, 0.3) is 0 Å². The van der Waals surface area contributed by atoms with Gasteiger partial charge in [0.25, 0.3) is 5.91 Å². The van der Waals surface area contributed by atoms with Crippen molar-refractivity contribution in [3.8, 4) is 0 Å². The Morgan fingerprint density at radius 1 is 1.22 bits per heavy atom. The van der Waals surface area contributed by atoms with Crippen LogP contribution in [0.2, 0.25) is 10.0 Å². The Hall–Kier alpha value is -1.06. The van der Waals surface area contributed by atoms with Crippen LogP contribution >= 0.6 is 23.2 Å². The quantitative estimate of drug-likeness (QED) is 0.784. The van der Waals surface area contributed by atoms with E-state index >= 15 is 0 Å². The molecule has 96 valence electrons. The van der Waals surface area contributed by atoms with Crippen LogP contribution in [-0.4, -0.2) is 30.2 Å². The number of nitrogens with zero attached hydrogens (tertiary/aromatic N) is 1. The second-order valence-corrected chi connectivity index (χ2v) is 5.21. The van der Waals surface area contributed by atoms with Gasteiger partial charge in [0.05, 0.1) is 10.0 Å². The molecule has 2 rings (SSSR count). The van der Waals surface area contributed by atoms with E-state index in [2.05, 4.69) is 0 Å². The largest absolute Gasteiger partial charge is 0.339 e. The van der Waals surface area contributed by atoms with Gasteiger partial charge in [-0.05, 0) is 31.0 Å². The molecular weight excluding hydrogens is 273 g/mol. The summed E-state index contributed by atoms with van der Waals surface area (Å²) >= 11 is 11.7. The summed E-state index contributed by atoms with van der Waals surface area (Å²) in [5.41, 5.74) is 0.536. The summed E-state index contributed by atoms with van der Waals surface area (Å²) in [6.07, 6.45) is 2.44. The lowest BCUT2D eigenvalue weighted by molar-refractivity contribution is -0.112. The molecule has 1 aliphatic rings. The Kier molecular flexibility index (Phi) is 4.25. The number of hydrogen-bond acceptors (Lipinski definition) is 2. The molecule has 0 unspecified atom stereocenters. The first-order chi connectivity index (χ1) is 8.61. The van der Waals surface area contributed by atoms with Gasteiger partial charge in [0, 0.05) is 24.6 Å². The molecule has 1 heterocycles. The molecule has 0 saturated carbocycles. The van der Waals surface area contributed by atoms with E-state index in [9.17, 15) is 9.59 Å². The van der Waals surface area contributed by atoms with Crippen molar-refractivity contribution in [3.05, 3.63) is 33.8 Å². The van der Waals surface area contributed by atoms with Crippen LogP contribution in [0.1, 0.15) is 23.2 Å². The van der Waals surface area contributed by atoms with Gasteiger partial charge in [0.1, 0.15) is 6.29 Å². The molecule has 1 fully saturated rings. The highest BCUT2D eigenvalue weighted by Gasteiger charge is 2.23. The van der Waals surface area contributed by atoms with E-state index in [1.54, 1.807) is 23.1 Å². The van der Waals surface area contributed by atoms with E-state index in [0.29, 0.717) is 28.7 Å². The summed E-state index contributed by atoms with van der Waals surface area (Å²) in [6, 6.07) is 4.87. The minimum atomic E-state index is -0.0575. The molecule has 0 aliphatic carbocycles. The molecule has 1 aromatic rings. The minimum absolute atomic E-state index is 0.0575. The Labute approximate surface area is 116 Å². The van der Waals surface area contributed by atoms with Crippen molar-refractivity contribution in [1.82, 2.24) is 4.90 Å². The third kappa shape index (κ3) is 2.85. The molecule has 1 aliphatic heterocycles. The van der Waals surface area contributed by atoms with Crippen LogP contribution < -0.4 is 0 Å². The molecule has 0 N–H and O–H groups in total. The molecule has 3 nitrogen and oxygen atoms in total. The average molecular weight is 286 g/mol. The summed E-state index contributed by atoms with van der Waals surface area (Å²) in [6.45, 7) is 1.23. The molecule has 0 atom stereocenters. The first-order valence-corrected chi connectivity index (χ1v) is 6.57. The third-order valence-corrected chi connectivity index (χ3v) is 3.92. The average Bonchev–Trinajstić information content (AvgIpc) is 2.41. The number of hydrogen-bond donors (Lipinski definition) is 0. The summed E-state index contributed by atoms with van der Waals surface area (Å²) < 4.78 is 0. The molecule has 0 radical (unpaired) electrons. The van der Waals surface area contributed by atoms with Crippen molar-refractivity contribution in [1.29, 1.82) is 0 Å². The van der Waals surface area contributed by atoms with Crippen LogP contribution in [0.3, 0.4) is 0 Å². The fraction of sp³-hybridized carbons (Fsp3) is 0.385. The number of carbonyl (C=O) groups is 2. The van der Waals surface area contributed by atoms with E-state index in [1.807, 2.05) is 0 Å². The van der Waals surface area contributed by atoms with Crippen LogP contribution in [0, 0.1) is 5.92 Å². The highest BCUT2D eigenvalue weighted by Crippen LogP contribution is 2.24. The fourth-order valence-electron chi connectivity index (χ4n) is 2.05. The highest BCUT2D eigenvalue weighted by molar-refractivity contribution is 6.42. The van der Waals surface area contributed by atoms with Crippen molar-refractivity contribution >= 4 is 35.4 Å². The summed E-state index contributed by atoms with van der Waals surface area (Å²) in [5.74, 6) is 0.0285. The zero-order valence-electron chi connectivity index (χ0n) is 9.73. The molecular formula is C13H13Cl2NO2.